The number of hydrogen-bond donors (Lipinski definition) is 1. The van der Waals surface area contributed by atoms with Crippen LogP contribution >= 0.6 is 0 Å². The van der Waals surface area contributed by atoms with Gasteiger partial charge in [0.25, 0.3) is 0 Å². The van der Waals surface area contributed by atoms with Gasteiger partial charge in [0.05, 0.1) is 5.69 Å². The number of aromatic nitrogens is 2. The molecule has 0 amide bonds. The number of hydrogen-bond acceptors (Lipinski definition) is 5. The summed E-state index contributed by atoms with van der Waals surface area (Å²) in [5.74, 6) is -1.15. The van der Waals surface area contributed by atoms with Crippen LogP contribution in [0.3, 0.4) is 0 Å². The van der Waals surface area contributed by atoms with Gasteiger partial charge in [-0.1, -0.05) is 0 Å². The van der Waals surface area contributed by atoms with Gasteiger partial charge in [-0.25, -0.2) is 13.2 Å². The molecule has 35 heavy (non-hydrogen) atoms. The largest absolute Gasteiger partial charge is 0.381 e. The molecular weight excluding hydrogens is 453 g/mol. The number of nitrogens with zero attached hydrogens (tertiary/aromatic N) is 3. The Balaban J connectivity index is 1.01. The summed E-state index contributed by atoms with van der Waals surface area (Å²) in [6, 6.07) is 5.81. The fourth-order valence-electron chi connectivity index (χ4n) is 7.14. The highest BCUT2D eigenvalue weighted by molar-refractivity contribution is 5.60. The van der Waals surface area contributed by atoms with E-state index in [1.807, 2.05) is 0 Å². The zero-order valence-electron chi connectivity index (χ0n) is 20.0. The van der Waals surface area contributed by atoms with E-state index in [4.69, 9.17) is 4.74 Å². The Bertz CT molecular complexity index is 1040. The highest BCUT2D eigenvalue weighted by atomic mass is 19.2. The second-order valence-electron chi connectivity index (χ2n) is 11.2. The number of anilines is 1. The molecule has 2 saturated carbocycles. The van der Waals surface area contributed by atoms with Gasteiger partial charge >= 0.3 is 0 Å². The smallest absolute Gasteiger partial charge is 0.168 e. The first-order valence-electron chi connectivity index (χ1n) is 13.0. The summed E-state index contributed by atoms with van der Waals surface area (Å²) in [6.07, 6.45) is 10.1. The second kappa shape index (κ2) is 9.36. The van der Waals surface area contributed by atoms with Crippen LogP contribution in [0.2, 0.25) is 0 Å². The Morgan fingerprint density at radius 3 is 2.29 bits per heavy atom. The number of nitrogens with one attached hydrogen (secondary N) is 1. The van der Waals surface area contributed by atoms with Crippen LogP contribution in [0.5, 0.6) is 0 Å². The van der Waals surface area contributed by atoms with Crippen LogP contribution < -0.4 is 5.32 Å². The van der Waals surface area contributed by atoms with E-state index < -0.39 is 17.5 Å². The Kier molecular flexibility index (Phi) is 6.21. The van der Waals surface area contributed by atoms with Crippen LogP contribution in [0.15, 0.2) is 24.3 Å². The maximum Gasteiger partial charge on any atom is 0.168 e. The number of rotatable bonds is 4. The number of benzene rings is 1. The van der Waals surface area contributed by atoms with Gasteiger partial charge in [-0.05, 0) is 86.8 Å². The molecule has 3 heterocycles. The van der Waals surface area contributed by atoms with E-state index in [2.05, 4.69) is 20.4 Å². The summed E-state index contributed by atoms with van der Waals surface area (Å²) in [5.41, 5.74) is 0.452. The first-order valence-corrected chi connectivity index (χ1v) is 13.0. The Morgan fingerprint density at radius 2 is 1.63 bits per heavy atom. The maximum atomic E-state index is 14.1. The van der Waals surface area contributed by atoms with Crippen molar-refractivity contribution < 1.29 is 17.9 Å². The normalized spacial score (nSPS) is 28.9. The molecule has 2 aliphatic heterocycles. The van der Waals surface area contributed by atoms with Crippen LogP contribution in [-0.4, -0.2) is 53.5 Å². The number of fused-ring (bicyclic) bond motifs is 1. The van der Waals surface area contributed by atoms with Crippen LogP contribution in [0.1, 0.15) is 51.4 Å². The first kappa shape index (κ1) is 23.2. The molecule has 0 bridgehead atoms. The van der Waals surface area contributed by atoms with E-state index in [-0.39, 0.29) is 11.3 Å². The third kappa shape index (κ3) is 4.67. The van der Waals surface area contributed by atoms with Gasteiger partial charge in [0.2, 0.25) is 0 Å². The summed E-state index contributed by atoms with van der Waals surface area (Å²) < 4.78 is 46.7. The van der Waals surface area contributed by atoms with Gasteiger partial charge in [0.15, 0.2) is 11.6 Å². The molecule has 1 aromatic carbocycles. The molecule has 1 spiro atoms. The standard InChI is InChI=1S/C27H33F3N4O/c28-19-13-22(26(30)23(29)14-19)24-1-2-25(33-32-24)31-20-11-17-15-34(16-18(17)12-20)21-3-5-27(6-4-21)7-9-35-10-8-27/h1-2,13-14,17-18,20-21H,3-12,15-16H2,(H,31,33)/t17-,18+,20?. The van der Waals surface area contributed by atoms with Crippen molar-refractivity contribution in [2.24, 2.45) is 17.3 Å². The molecular formula is C27H33F3N4O. The van der Waals surface area contributed by atoms with E-state index >= 15 is 0 Å². The second-order valence-corrected chi connectivity index (χ2v) is 11.2. The van der Waals surface area contributed by atoms with Crippen LogP contribution in [-0.2, 0) is 4.74 Å². The number of likely N-dealkylation sites (tertiary alicyclic amines) is 1. The quantitative estimate of drug-likeness (QED) is 0.585. The molecule has 1 N–H and O–H groups in total. The van der Waals surface area contributed by atoms with Crippen molar-refractivity contribution >= 4 is 5.82 Å². The summed E-state index contributed by atoms with van der Waals surface area (Å²) in [4.78, 5) is 2.76. The summed E-state index contributed by atoms with van der Waals surface area (Å²) in [5, 5.41) is 11.6. The third-order valence-corrected chi connectivity index (χ3v) is 9.15. The molecule has 5 nitrogen and oxygen atoms in total. The molecule has 4 fully saturated rings. The molecule has 8 heteroatoms. The average molecular weight is 487 g/mol. The minimum Gasteiger partial charge on any atom is -0.381 e. The van der Waals surface area contributed by atoms with Gasteiger partial charge in [0.1, 0.15) is 11.6 Å². The molecule has 4 aliphatic rings. The van der Waals surface area contributed by atoms with E-state index in [0.717, 1.165) is 38.2 Å². The fourth-order valence-corrected chi connectivity index (χ4v) is 7.14. The van der Waals surface area contributed by atoms with Crippen molar-refractivity contribution in [3.63, 3.8) is 0 Å². The van der Waals surface area contributed by atoms with Crippen LogP contribution in [0, 0.1) is 34.7 Å². The van der Waals surface area contributed by atoms with Gasteiger partial charge in [-0.2, -0.15) is 0 Å². The summed E-state index contributed by atoms with van der Waals surface area (Å²) in [6.45, 7) is 4.28. The van der Waals surface area contributed by atoms with Crippen LogP contribution in [0.25, 0.3) is 11.3 Å². The van der Waals surface area contributed by atoms with E-state index in [1.54, 1.807) is 12.1 Å². The lowest BCUT2D eigenvalue weighted by atomic mass is 9.68. The van der Waals surface area contributed by atoms with Crippen molar-refractivity contribution in [1.29, 1.82) is 0 Å². The fraction of sp³-hybridized carbons (Fsp3) is 0.630. The van der Waals surface area contributed by atoms with Crippen molar-refractivity contribution in [2.75, 3.05) is 31.6 Å². The Labute approximate surface area is 204 Å². The van der Waals surface area contributed by atoms with Gasteiger partial charge < -0.3 is 10.1 Å². The van der Waals surface area contributed by atoms with E-state index in [1.165, 1.54) is 51.6 Å². The minimum absolute atomic E-state index is 0.111. The zero-order chi connectivity index (χ0) is 24.0. The highest BCUT2D eigenvalue weighted by Crippen LogP contribution is 2.47. The molecule has 2 aliphatic carbocycles. The Morgan fingerprint density at radius 1 is 0.914 bits per heavy atom. The third-order valence-electron chi connectivity index (χ3n) is 9.15. The topological polar surface area (TPSA) is 50.3 Å². The average Bonchev–Trinajstić information content (AvgIpc) is 3.42. The molecule has 3 atom stereocenters. The maximum absolute atomic E-state index is 14.1. The summed E-state index contributed by atoms with van der Waals surface area (Å²) >= 11 is 0. The molecule has 0 radical (unpaired) electrons. The lowest BCUT2D eigenvalue weighted by molar-refractivity contribution is -0.0186. The summed E-state index contributed by atoms with van der Waals surface area (Å²) in [7, 11) is 0. The first-order chi connectivity index (χ1) is 17.0. The minimum atomic E-state index is -1.23. The van der Waals surface area contributed by atoms with Crippen molar-refractivity contribution in [3.8, 4) is 11.3 Å². The molecule has 2 aromatic rings. The molecule has 188 valence electrons. The molecule has 1 unspecified atom stereocenters. The Hall–Kier alpha value is -2.19. The van der Waals surface area contributed by atoms with Crippen LogP contribution in [0.4, 0.5) is 19.0 Å². The predicted molar refractivity (Wildman–Crippen MR) is 127 cm³/mol. The van der Waals surface area contributed by atoms with Gasteiger partial charge in [-0.3, -0.25) is 4.90 Å². The number of ether oxygens (including phenoxy) is 1. The van der Waals surface area contributed by atoms with Gasteiger partial charge in [-0.15, -0.1) is 10.2 Å². The van der Waals surface area contributed by atoms with Crippen molar-refractivity contribution in [1.82, 2.24) is 15.1 Å². The molecule has 1 aromatic heterocycles. The van der Waals surface area contributed by atoms with Crippen molar-refractivity contribution in [3.05, 3.63) is 41.7 Å². The van der Waals surface area contributed by atoms with Crippen molar-refractivity contribution in [2.45, 2.75) is 63.5 Å². The van der Waals surface area contributed by atoms with Gasteiger partial charge in [0, 0.05) is 50.0 Å². The lowest BCUT2D eigenvalue weighted by Gasteiger charge is -2.45. The molecule has 6 rings (SSSR count). The molecule has 2 saturated heterocycles. The lowest BCUT2D eigenvalue weighted by Crippen LogP contribution is -2.42. The predicted octanol–water partition coefficient (Wildman–Crippen LogP) is 5.42. The highest BCUT2D eigenvalue weighted by Gasteiger charge is 2.45. The van der Waals surface area contributed by atoms with E-state index in [9.17, 15) is 13.2 Å². The van der Waals surface area contributed by atoms with E-state index in [0.29, 0.717) is 35.2 Å². The monoisotopic (exact) mass is 486 g/mol. The number of halogens is 3. The SMILES string of the molecule is Fc1cc(F)c(F)c(-c2ccc(NC3C[C@@H]4CN(C5CCC6(CCOCC6)CC5)C[C@@H]4C3)nn2)c1. The zero-order valence-corrected chi connectivity index (χ0v) is 20.0.